The number of hydrogen-bond donors (Lipinski definition) is 1. The van der Waals surface area contributed by atoms with Crippen molar-refractivity contribution in [2.24, 2.45) is 0 Å². The summed E-state index contributed by atoms with van der Waals surface area (Å²) in [5.74, 6) is -1.75. The summed E-state index contributed by atoms with van der Waals surface area (Å²) < 4.78 is 39.9. The van der Waals surface area contributed by atoms with E-state index < -0.39 is 18.7 Å². The Morgan fingerprint density at radius 2 is 1.79 bits per heavy atom. The van der Waals surface area contributed by atoms with Gasteiger partial charge in [0.2, 0.25) is 0 Å². The van der Waals surface area contributed by atoms with Crippen LogP contribution in [0, 0.1) is 0 Å². The molecule has 0 saturated heterocycles. The Kier molecular flexibility index (Phi) is 3.85. The monoisotopic (exact) mass is 267 g/mol. The van der Waals surface area contributed by atoms with Crippen molar-refractivity contribution in [3.05, 3.63) is 65.5 Å². The maximum Gasteiger partial charge on any atom is 0.399 e. The zero-order chi connectivity index (χ0) is 13.9. The van der Waals surface area contributed by atoms with Crippen LogP contribution in [0.15, 0.2) is 48.8 Å². The Morgan fingerprint density at radius 1 is 1.11 bits per heavy atom. The lowest BCUT2D eigenvalue weighted by atomic mass is 9.88. The summed E-state index contributed by atoms with van der Waals surface area (Å²) in [6.07, 6.45) is -1.86. The third kappa shape index (κ3) is 2.93. The number of halogens is 3. The molecule has 1 N–H and O–H groups in total. The number of aromatic nitrogens is 1. The molecule has 0 saturated carbocycles. The molecule has 0 fully saturated rings. The lowest BCUT2D eigenvalue weighted by molar-refractivity contribution is -0.141. The molecule has 0 aliphatic carbocycles. The summed E-state index contributed by atoms with van der Waals surface area (Å²) >= 11 is 0. The van der Waals surface area contributed by atoms with E-state index in [1.807, 2.05) is 0 Å². The fourth-order valence-electron chi connectivity index (χ4n) is 2.04. The second kappa shape index (κ2) is 5.40. The molecule has 100 valence electrons. The molecule has 2 rings (SSSR count). The number of alkyl halides is 3. The molecular formula is C14H12F3NO. The van der Waals surface area contributed by atoms with Crippen molar-refractivity contribution in [2.45, 2.75) is 18.7 Å². The van der Waals surface area contributed by atoms with Crippen molar-refractivity contribution in [3.8, 4) is 0 Å². The normalized spacial score (nSPS) is 13.3. The van der Waals surface area contributed by atoms with Crippen molar-refractivity contribution in [3.63, 3.8) is 0 Å². The lowest BCUT2D eigenvalue weighted by Crippen LogP contribution is -2.23. The summed E-state index contributed by atoms with van der Waals surface area (Å²) in [6.45, 7) is -0.470. The largest absolute Gasteiger partial charge is 0.399 e. The molecule has 1 aromatic carbocycles. The molecule has 0 bridgehead atoms. The Bertz CT molecular complexity index is 540. The molecule has 0 amide bonds. The van der Waals surface area contributed by atoms with Gasteiger partial charge in [0.1, 0.15) is 5.92 Å². The number of aliphatic hydroxyl groups excluding tert-OH is 1. The molecule has 1 aromatic heterocycles. The lowest BCUT2D eigenvalue weighted by Gasteiger charge is -2.23. The quantitative estimate of drug-likeness (QED) is 0.925. The molecule has 1 atom stereocenters. The smallest absolute Gasteiger partial charge is 0.392 e. The topological polar surface area (TPSA) is 33.1 Å². The maximum absolute atomic E-state index is 13.3. The van der Waals surface area contributed by atoms with Crippen molar-refractivity contribution in [1.82, 2.24) is 4.98 Å². The van der Waals surface area contributed by atoms with Gasteiger partial charge in [0.05, 0.1) is 6.61 Å². The molecule has 0 aliphatic rings. The van der Waals surface area contributed by atoms with Crippen LogP contribution in [-0.4, -0.2) is 16.3 Å². The van der Waals surface area contributed by atoms with E-state index in [9.17, 15) is 18.3 Å². The third-order valence-corrected chi connectivity index (χ3v) is 2.88. The Labute approximate surface area is 108 Å². The third-order valence-electron chi connectivity index (χ3n) is 2.88. The number of rotatable bonds is 3. The number of nitrogens with zero attached hydrogens (tertiary/aromatic N) is 1. The van der Waals surface area contributed by atoms with E-state index >= 15 is 0 Å². The highest BCUT2D eigenvalue weighted by Crippen LogP contribution is 2.41. The highest BCUT2D eigenvalue weighted by molar-refractivity contribution is 5.37. The van der Waals surface area contributed by atoms with Crippen LogP contribution in [0.3, 0.4) is 0 Å². The molecule has 2 aromatic rings. The molecule has 2 nitrogen and oxygen atoms in total. The number of aliphatic hydroxyl groups is 1. The highest BCUT2D eigenvalue weighted by Gasteiger charge is 2.42. The van der Waals surface area contributed by atoms with E-state index in [1.165, 1.54) is 30.6 Å². The molecule has 5 heteroatoms. The summed E-state index contributed by atoms with van der Waals surface area (Å²) in [4.78, 5) is 3.75. The highest BCUT2D eigenvalue weighted by atomic mass is 19.4. The minimum Gasteiger partial charge on any atom is -0.392 e. The van der Waals surface area contributed by atoms with E-state index in [4.69, 9.17) is 0 Å². The van der Waals surface area contributed by atoms with E-state index in [0.717, 1.165) is 0 Å². The van der Waals surface area contributed by atoms with Gasteiger partial charge in [0.15, 0.2) is 0 Å². The summed E-state index contributed by atoms with van der Waals surface area (Å²) in [5.41, 5.74) is 0.376. The maximum atomic E-state index is 13.3. The summed E-state index contributed by atoms with van der Waals surface area (Å²) in [6, 6.07) is 8.95. The van der Waals surface area contributed by atoms with Crippen molar-refractivity contribution < 1.29 is 18.3 Å². The molecule has 1 heterocycles. The van der Waals surface area contributed by atoms with Crippen LogP contribution < -0.4 is 0 Å². The molecule has 1 unspecified atom stereocenters. The van der Waals surface area contributed by atoms with Crippen LogP contribution in [0.5, 0.6) is 0 Å². The Balaban J connectivity index is 2.56. The van der Waals surface area contributed by atoms with Crippen molar-refractivity contribution >= 4 is 0 Å². The van der Waals surface area contributed by atoms with Gasteiger partial charge in [-0.05, 0) is 22.8 Å². The average molecular weight is 267 g/mol. The predicted molar refractivity (Wildman–Crippen MR) is 64.5 cm³/mol. The zero-order valence-corrected chi connectivity index (χ0v) is 9.93. The average Bonchev–Trinajstić information content (AvgIpc) is 2.39. The first-order valence-corrected chi connectivity index (χ1v) is 5.69. The van der Waals surface area contributed by atoms with E-state index in [2.05, 4.69) is 4.98 Å². The van der Waals surface area contributed by atoms with Crippen LogP contribution >= 0.6 is 0 Å². The minimum atomic E-state index is -4.42. The Morgan fingerprint density at radius 3 is 2.37 bits per heavy atom. The van der Waals surface area contributed by atoms with Gasteiger partial charge >= 0.3 is 6.18 Å². The van der Waals surface area contributed by atoms with Crippen LogP contribution in [0.2, 0.25) is 0 Å². The van der Waals surface area contributed by atoms with Crippen molar-refractivity contribution in [1.29, 1.82) is 0 Å². The summed E-state index contributed by atoms with van der Waals surface area (Å²) in [5, 5.41) is 9.17. The number of hydrogen-bond acceptors (Lipinski definition) is 2. The number of benzene rings is 1. The summed E-state index contributed by atoms with van der Waals surface area (Å²) in [7, 11) is 0. The fourth-order valence-corrected chi connectivity index (χ4v) is 2.04. The van der Waals surface area contributed by atoms with Gasteiger partial charge in [-0.25, -0.2) is 0 Å². The van der Waals surface area contributed by atoms with E-state index in [-0.39, 0.29) is 16.7 Å². The standard InChI is InChI=1S/C14H12F3NO/c15-14(16,17)13(10-4-2-1-3-5-10)12-6-7-18-8-11(12)9-19/h1-8,13,19H,9H2. The fraction of sp³-hybridized carbons (Fsp3) is 0.214. The molecule has 0 aliphatic heterocycles. The van der Waals surface area contributed by atoms with E-state index in [1.54, 1.807) is 18.2 Å². The van der Waals surface area contributed by atoms with Gasteiger partial charge in [-0.3, -0.25) is 4.98 Å². The van der Waals surface area contributed by atoms with Crippen LogP contribution in [0.25, 0.3) is 0 Å². The van der Waals surface area contributed by atoms with Crippen LogP contribution in [0.1, 0.15) is 22.6 Å². The van der Waals surface area contributed by atoms with Crippen LogP contribution in [-0.2, 0) is 6.61 Å². The van der Waals surface area contributed by atoms with Gasteiger partial charge in [-0.1, -0.05) is 30.3 Å². The van der Waals surface area contributed by atoms with Gasteiger partial charge in [0.25, 0.3) is 0 Å². The first-order valence-electron chi connectivity index (χ1n) is 5.69. The van der Waals surface area contributed by atoms with Gasteiger partial charge in [-0.2, -0.15) is 13.2 Å². The molecular weight excluding hydrogens is 255 g/mol. The first kappa shape index (κ1) is 13.5. The second-order valence-electron chi connectivity index (χ2n) is 4.12. The van der Waals surface area contributed by atoms with Crippen molar-refractivity contribution in [2.75, 3.05) is 0 Å². The van der Waals surface area contributed by atoms with Gasteiger partial charge < -0.3 is 5.11 Å². The minimum absolute atomic E-state index is 0.0381. The zero-order valence-electron chi connectivity index (χ0n) is 9.93. The molecule has 0 spiro atoms. The second-order valence-corrected chi connectivity index (χ2v) is 4.12. The van der Waals surface area contributed by atoms with E-state index in [0.29, 0.717) is 0 Å². The van der Waals surface area contributed by atoms with Gasteiger partial charge in [-0.15, -0.1) is 0 Å². The van der Waals surface area contributed by atoms with Crippen LogP contribution in [0.4, 0.5) is 13.2 Å². The Hall–Kier alpha value is -1.88. The molecule has 19 heavy (non-hydrogen) atoms. The SMILES string of the molecule is OCc1cnccc1C(c1ccccc1)C(F)(F)F. The number of pyridine rings is 1. The molecule has 0 radical (unpaired) electrons. The first-order chi connectivity index (χ1) is 9.04. The van der Waals surface area contributed by atoms with Gasteiger partial charge in [0, 0.05) is 12.4 Å². The predicted octanol–water partition coefficient (Wildman–Crippen LogP) is 3.27.